The van der Waals surface area contributed by atoms with Crippen LogP contribution in [0.2, 0.25) is 0 Å². The highest BCUT2D eigenvalue weighted by molar-refractivity contribution is 6.05. The van der Waals surface area contributed by atoms with E-state index in [4.69, 9.17) is 4.52 Å². The molecule has 4 rings (SSSR count). The first kappa shape index (κ1) is 15.8. The second-order valence-corrected chi connectivity index (χ2v) is 6.00. The molecule has 0 aliphatic carbocycles. The highest BCUT2D eigenvalue weighted by Crippen LogP contribution is 2.22. The molecular weight excluding hydrogens is 330 g/mol. The van der Waals surface area contributed by atoms with Gasteiger partial charge >= 0.3 is 0 Å². The third-order valence-electron chi connectivity index (χ3n) is 4.09. The van der Waals surface area contributed by atoms with Crippen LogP contribution in [0.15, 0.2) is 70.0 Å². The van der Waals surface area contributed by atoms with E-state index in [0.717, 1.165) is 16.5 Å². The Balaban J connectivity index is 1.60. The Morgan fingerprint density at radius 1 is 1.08 bits per heavy atom. The van der Waals surface area contributed by atoms with E-state index in [0.29, 0.717) is 11.2 Å². The van der Waals surface area contributed by atoms with Crippen molar-refractivity contribution in [3.05, 3.63) is 82.1 Å². The molecule has 0 bridgehead atoms. The SMILES string of the molecule is Cc1ccc(-c2cc(NC(=O)c3cc4ccccc4[nH]c3=O)on2)cc1. The molecule has 2 N–H and O–H groups in total. The van der Waals surface area contributed by atoms with Gasteiger partial charge in [0.05, 0.1) is 0 Å². The summed E-state index contributed by atoms with van der Waals surface area (Å²) in [6.45, 7) is 2.00. The minimum absolute atomic E-state index is 0.0111. The molecule has 1 amide bonds. The number of aryl methyl sites for hydroxylation is 1. The number of H-pyrrole nitrogens is 1. The molecule has 0 spiro atoms. The number of hydrogen-bond donors (Lipinski definition) is 2. The summed E-state index contributed by atoms with van der Waals surface area (Å²) in [5.41, 5.74) is 2.85. The number of fused-ring (bicyclic) bond motifs is 1. The summed E-state index contributed by atoms with van der Waals surface area (Å²) in [7, 11) is 0. The minimum atomic E-state index is -0.552. The number of carbonyl (C=O) groups is 1. The van der Waals surface area contributed by atoms with Gasteiger partial charge in [-0.3, -0.25) is 14.9 Å². The molecule has 0 radical (unpaired) electrons. The number of nitrogens with one attached hydrogen (secondary N) is 2. The van der Waals surface area contributed by atoms with Crippen molar-refractivity contribution >= 4 is 22.7 Å². The van der Waals surface area contributed by atoms with E-state index in [9.17, 15) is 9.59 Å². The normalized spacial score (nSPS) is 10.8. The quantitative estimate of drug-likeness (QED) is 0.592. The molecule has 0 aliphatic heterocycles. The zero-order valence-electron chi connectivity index (χ0n) is 13.9. The lowest BCUT2D eigenvalue weighted by atomic mass is 10.1. The molecule has 26 heavy (non-hydrogen) atoms. The van der Waals surface area contributed by atoms with Gasteiger partial charge in [-0.05, 0) is 24.4 Å². The highest BCUT2D eigenvalue weighted by atomic mass is 16.5. The van der Waals surface area contributed by atoms with Gasteiger partial charge < -0.3 is 9.51 Å². The van der Waals surface area contributed by atoms with Gasteiger partial charge in [0, 0.05) is 17.1 Å². The van der Waals surface area contributed by atoms with Crippen LogP contribution in [0.4, 0.5) is 5.88 Å². The lowest BCUT2D eigenvalue weighted by Gasteiger charge is -2.02. The second kappa shape index (κ2) is 6.33. The molecule has 2 heterocycles. The molecular formula is C20H15N3O3. The van der Waals surface area contributed by atoms with Crippen molar-refractivity contribution in [2.75, 3.05) is 5.32 Å². The summed E-state index contributed by atoms with van der Waals surface area (Å²) in [6, 6.07) is 18.2. The maximum Gasteiger partial charge on any atom is 0.263 e. The first-order chi connectivity index (χ1) is 12.6. The molecule has 128 valence electrons. The molecule has 6 nitrogen and oxygen atoms in total. The molecule has 2 aromatic heterocycles. The zero-order chi connectivity index (χ0) is 18.1. The van der Waals surface area contributed by atoms with E-state index in [2.05, 4.69) is 15.5 Å². The summed E-state index contributed by atoms with van der Waals surface area (Å²) in [6.07, 6.45) is 0. The molecule has 0 fully saturated rings. The van der Waals surface area contributed by atoms with Gasteiger partial charge in [0.15, 0.2) is 0 Å². The van der Waals surface area contributed by atoms with Crippen LogP contribution in [0.25, 0.3) is 22.2 Å². The topological polar surface area (TPSA) is 88.0 Å². The number of hydrogen-bond acceptors (Lipinski definition) is 4. The fraction of sp³-hybridized carbons (Fsp3) is 0.0500. The third kappa shape index (κ3) is 3.00. The zero-order valence-corrected chi connectivity index (χ0v) is 13.9. The number of anilines is 1. The van der Waals surface area contributed by atoms with E-state index in [1.54, 1.807) is 18.2 Å². The van der Waals surface area contributed by atoms with Gasteiger partial charge in [-0.1, -0.05) is 53.2 Å². The second-order valence-electron chi connectivity index (χ2n) is 6.00. The number of pyridine rings is 1. The van der Waals surface area contributed by atoms with Crippen LogP contribution < -0.4 is 10.9 Å². The van der Waals surface area contributed by atoms with Crippen molar-refractivity contribution < 1.29 is 9.32 Å². The predicted octanol–water partition coefficient (Wildman–Crippen LogP) is 3.74. The average molecular weight is 345 g/mol. The van der Waals surface area contributed by atoms with Crippen molar-refractivity contribution in [1.82, 2.24) is 10.1 Å². The largest absolute Gasteiger partial charge is 0.338 e. The van der Waals surface area contributed by atoms with Gasteiger partial charge in [-0.15, -0.1) is 0 Å². The molecule has 6 heteroatoms. The Bertz CT molecular complexity index is 1160. The number of amides is 1. The number of carbonyl (C=O) groups excluding carboxylic acids is 1. The van der Waals surface area contributed by atoms with Gasteiger partial charge in [-0.2, -0.15) is 0 Å². The lowest BCUT2D eigenvalue weighted by Crippen LogP contribution is -2.22. The van der Waals surface area contributed by atoms with E-state index in [-0.39, 0.29) is 11.4 Å². The number of benzene rings is 2. The highest BCUT2D eigenvalue weighted by Gasteiger charge is 2.15. The molecule has 0 saturated heterocycles. The van der Waals surface area contributed by atoms with Gasteiger partial charge in [0.2, 0.25) is 5.88 Å². The molecule has 0 saturated carbocycles. The summed E-state index contributed by atoms with van der Waals surface area (Å²) in [4.78, 5) is 27.3. The molecule has 0 unspecified atom stereocenters. The van der Waals surface area contributed by atoms with Crippen LogP contribution in [0.5, 0.6) is 0 Å². The smallest absolute Gasteiger partial charge is 0.263 e. The molecule has 2 aromatic carbocycles. The van der Waals surface area contributed by atoms with Crippen molar-refractivity contribution in [3.63, 3.8) is 0 Å². The van der Waals surface area contributed by atoms with Crippen LogP contribution in [0.3, 0.4) is 0 Å². The fourth-order valence-corrected chi connectivity index (χ4v) is 2.69. The van der Waals surface area contributed by atoms with Gasteiger partial charge in [-0.25, -0.2) is 0 Å². The van der Waals surface area contributed by atoms with Crippen LogP contribution in [-0.4, -0.2) is 16.0 Å². The first-order valence-electron chi connectivity index (χ1n) is 8.07. The Labute approximate surface area is 148 Å². The van der Waals surface area contributed by atoms with E-state index in [1.807, 2.05) is 49.4 Å². The Morgan fingerprint density at radius 2 is 1.85 bits per heavy atom. The molecule has 0 atom stereocenters. The monoisotopic (exact) mass is 345 g/mol. The number of aromatic nitrogens is 2. The van der Waals surface area contributed by atoms with Crippen LogP contribution in [0, 0.1) is 6.92 Å². The maximum absolute atomic E-state index is 12.5. The average Bonchev–Trinajstić information content (AvgIpc) is 3.10. The Hall–Kier alpha value is -3.67. The van der Waals surface area contributed by atoms with E-state index < -0.39 is 11.5 Å². The Kier molecular flexibility index (Phi) is 3.85. The number of para-hydroxylation sites is 1. The number of rotatable bonds is 3. The van der Waals surface area contributed by atoms with Crippen molar-refractivity contribution in [1.29, 1.82) is 0 Å². The van der Waals surface area contributed by atoms with Crippen LogP contribution in [-0.2, 0) is 0 Å². The Morgan fingerprint density at radius 3 is 2.65 bits per heavy atom. The first-order valence-corrected chi connectivity index (χ1v) is 8.07. The molecule has 0 aliphatic rings. The standard InChI is InChI=1S/C20H15N3O3/c1-12-6-8-13(9-7-12)17-11-18(26-23-17)22-20(25)15-10-14-4-2-3-5-16(14)21-19(15)24/h2-11H,1H3,(H,21,24)(H,22,25). The van der Waals surface area contributed by atoms with Crippen molar-refractivity contribution in [2.24, 2.45) is 0 Å². The van der Waals surface area contributed by atoms with E-state index in [1.165, 1.54) is 0 Å². The summed E-state index contributed by atoms with van der Waals surface area (Å²) < 4.78 is 5.17. The minimum Gasteiger partial charge on any atom is -0.338 e. The third-order valence-corrected chi connectivity index (χ3v) is 4.09. The lowest BCUT2D eigenvalue weighted by molar-refractivity contribution is 0.102. The van der Waals surface area contributed by atoms with Crippen LogP contribution >= 0.6 is 0 Å². The summed E-state index contributed by atoms with van der Waals surface area (Å²) >= 11 is 0. The van der Waals surface area contributed by atoms with Gasteiger partial charge in [0.25, 0.3) is 11.5 Å². The van der Waals surface area contributed by atoms with Crippen molar-refractivity contribution in [2.45, 2.75) is 6.92 Å². The van der Waals surface area contributed by atoms with Crippen LogP contribution in [0.1, 0.15) is 15.9 Å². The summed E-state index contributed by atoms with van der Waals surface area (Å²) in [5, 5.41) is 7.31. The summed E-state index contributed by atoms with van der Waals surface area (Å²) in [5.74, 6) is -0.373. The van der Waals surface area contributed by atoms with Crippen molar-refractivity contribution in [3.8, 4) is 11.3 Å². The van der Waals surface area contributed by atoms with Gasteiger partial charge in [0.1, 0.15) is 11.3 Å². The van der Waals surface area contributed by atoms with E-state index >= 15 is 0 Å². The number of nitrogens with zero attached hydrogens (tertiary/aromatic N) is 1. The molecule has 4 aromatic rings. The fourth-order valence-electron chi connectivity index (χ4n) is 2.69. The maximum atomic E-state index is 12.5. The predicted molar refractivity (Wildman–Crippen MR) is 99.2 cm³/mol. The number of aromatic amines is 1.